The van der Waals surface area contributed by atoms with Gasteiger partial charge in [-0.2, -0.15) is 0 Å². The molecule has 5 heteroatoms. The standard InChI is InChI=1S/C18H20FNO3/c1-13-6-5-9-16(14(13)2)23-12-18(21)20-10-11-22-17-8-4-3-7-15(17)19/h3-9H,10-12H2,1-2H3,(H,20,21). The van der Waals surface area contributed by atoms with Crippen molar-refractivity contribution in [3.63, 3.8) is 0 Å². The fourth-order valence-electron chi connectivity index (χ4n) is 1.99. The molecule has 122 valence electrons. The summed E-state index contributed by atoms with van der Waals surface area (Å²) in [5, 5.41) is 2.67. The Labute approximate surface area is 135 Å². The van der Waals surface area contributed by atoms with Crippen LogP contribution in [0.2, 0.25) is 0 Å². The second-order valence-corrected chi connectivity index (χ2v) is 5.12. The molecule has 0 atom stereocenters. The van der Waals surface area contributed by atoms with Crippen LogP contribution in [0.5, 0.6) is 11.5 Å². The van der Waals surface area contributed by atoms with Gasteiger partial charge in [0, 0.05) is 0 Å². The van der Waals surface area contributed by atoms with E-state index in [2.05, 4.69) is 5.32 Å². The summed E-state index contributed by atoms with van der Waals surface area (Å²) in [7, 11) is 0. The number of carbonyl (C=O) groups excluding carboxylic acids is 1. The monoisotopic (exact) mass is 317 g/mol. The summed E-state index contributed by atoms with van der Waals surface area (Å²) in [6.07, 6.45) is 0. The topological polar surface area (TPSA) is 47.6 Å². The fourth-order valence-corrected chi connectivity index (χ4v) is 1.99. The van der Waals surface area contributed by atoms with Crippen LogP contribution < -0.4 is 14.8 Å². The molecule has 0 radical (unpaired) electrons. The van der Waals surface area contributed by atoms with Gasteiger partial charge < -0.3 is 14.8 Å². The van der Waals surface area contributed by atoms with Crippen LogP contribution in [0, 0.1) is 19.7 Å². The van der Waals surface area contributed by atoms with E-state index in [-0.39, 0.29) is 31.4 Å². The van der Waals surface area contributed by atoms with Crippen molar-refractivity contribution in [2.75, 3.05) is 19.8 Å². The number of halogens is 1. The first-order valence-corrected chi connectivity index (χ1v) is 7.41. The number of amides is 1. The van der Waals surface area contributed by atoms with Crippen LogP contribution >= 0.6 is 0 Å². The van der Waals surface area contributed by atoms with Gasteiger partial charge in [0.05, 0.1) is 6.54 Å². The van der Waals surface area contributed by atoms with Crippen molar-refractivity contribution in [1.29, 1.82) is 0 Å². The highest BCUT2D eigenvalue weighted by Gasteiger charge is 2.06. The fraction of sp³-hybridized carbons (Fsp3) is 0.278. The Hall–Kier alpha value is -2.56. The number of benzene rings is 2. The summed E-state index contributed by atoms with van der Waals surface area (Å²) in [6, 6.07) is 11.9. The number of rotatable bonds is 7. The van der Waals surface area contributed by atoms with E-state index in [1.165, 1.54) is 6.07 Å². The van der Waals surface area contributed by atoms with E-state index in [1.54, 1.807) is 18.2 Å². The molecule has 1 amide bonds. The van der Waals surface area contributed by atoms with Gasteiger partial charge in [-0.05, 0) is 43.2 Å². The van der Waals surface area contributed by atoms with Crippen LogP contribution in [0.4, 0.5) is 4.39 Å². The molecule has 0 fully saturated rings. The van der Waals surface area contributed by atoms with Gasteiger partial charge in [0.2, 0.25) is 0 Å². The predicted molar refractivity (Wildman–Crippen MR) is 86.3 cm³/mol. The third kappa shape index (κ3) is 4.98. The first-order chi connectivity index (χ1) is 11.1. The van der Waals surface area contributed by atoms with Crippen molar-refractivity contribution in [2.24, 2.45) is 0 Å². The molecule has 2 rings (SSSR count). The molecule has 0 spiro atoms. The van der Waals surface area contributed by atoms with Crippen LogP contribution in [-0.4, -0.2) is 25.7 Å². The average molecular weight is 317 g/mol. The van der Waals surface area contributed by atoms with E-state index < -0.39 is 5.82 Å². The summed E-state index contributed by atoms with van der Waals surface area (Å²) < 4.78 is 24.1. The molecule has 0 saturated carbocycles. The van der Waals surface area contributed by atoms with Gasteiger partial charge in [0.25, 0.3) is 5.91 Å². The van der Waals surface area contributed by atoms with Crippen molar-refractivity contribution in [3.8, 4) is 11.5 Å². The molecule has 0 bridgehead atoms. The van der Waals surface area contributed by atoms with Crippen molar-refractivity contribution in [2.45, 2.75) is 13.8 Å². The summed E-state index contributed by atoms with van der Waals surface area (Å²) in [5.74, 6) is 0.205. The second-order valence-electron chi connectivity index (χ2n) is 5.12. The van der Waals surface area contributed by atoms with Gasteiger partial charge in [0.15, 0.2) is 18.2 Å². The van der Waals surface area contributed by atoms with E-state index in [9.17, 15) is 9.18 Å². The summed E-state index contributed by atoms with van der Waals surface area (Å²) in [4.78, 5) is 11.7. The number of ether oxygens (including phenoxy) is 2. The minimum absolute atomic E-state index is 0.0655. The number of hydrogen-bond acceptors (Lipinski definition) is 3. The number of nitrogens with one attached hydrogen (secondary N) is 1. The van der Waals surface area contributed by atoms with Gasteiger partial charge in [-0.25, -0.2) is 4.39 Å². The highest BCUT2D eigenvalue weighted by molar-refractivity contribution is 5.77. The third-order valence-corrected chi connectivity index (χ3v) is 3.43. The van der Waals surface area contributed by atoms with Gasteiger partial charge in [-0.15, -0.1) is 0 Å². The Morgan fingerprint density at radius 1 is 1.04 bits per heavy atom. The summed E-state index contributed by atoms with van der Waals surface area (Å²) in [6.45, 7) is 4.34. The Kier molecular flexibility index (Phi) is 5.97. The highest BCUT2D eigenvalue weighted by Crippen LogP contribution is 2.20. The first-order valence-electron chi connectivity index (χ1n) is 7.41. The number of para-hydroxylation sites is 1. The normalized spacial score (nSPS) is 10.2. The Bertz CT molecular complexity index is 673. The molecule has 2 aromatic carbocycles. The maximum Gasteiger partial charge on any atom is 0.258 e. The van der Waals surface area contributed by atoms with Crippen molar-refractivity contribution in [1.82, 2.24) is 5.32 Å². The van der Waals surface area contributed by atoms with E-state index in [0.29, 0.717) is 5.75 Å². The zero-order valence-corrected chi connectivity index (χ0v) is 13.3. The SMILES string of the molecule is Cc1cccc(OCC(=O)NCCOc2ccccc2F)c1C. The Morgan fingerprint density at radius 3 is 2.57 bits per heavy atom. The summed E-state index contributed by atoms with van der Waals surface area (Å²) >= 11 is 0. The molecule has 0 heterocycles. The van der Waals surface area contributed by atoms with E-state index in [1.807, 2.05) is 32.0 Å². The molecule has 0 aliphatic rings. The molecule has 0 aromatic heterocycles. The summed E-state index contributed by atoms with van der Waals surface area (Å²) in [5.41, 5.74) is 2.13. The molecule has 4 nitrogen and oxygen atoms in total. The largest absolute Gasteiger partial charge is 0.489 e. The lowest BCUT2D eigenvalue weighted by atomic mass is 10.1. The molecule has 0 aliphatic heterocycles. The van der Waals surface area contributed by atoms with E-state index >= 15 is 0 Å². The van der Waals surface area contributed by atoms with Crippen LogP contribution in [-0.2, 0) is 4.79 Å². The zero-order valence-electron chi connectivity index (χ0n) is 13.3. The van der Waals surface area contributed by atoms with Crippen molar-refractivity contribution in [3.05, 3.63) is 59.4 Å². The molecule has 23 heavy (non-hydrogen) atoms. The van der Waals surface area contributed by atoms with Crippen LogP contribution in [0.15, 0.2) is 42.5 Å². The number of aryl methyl sites for hydroxylation is 1. The molecule has 2 aromatic rings. The van der Waals surface area contributed by atoms with Crippen molar-refractivity contribution >= 4 is 5.91 Å². The van der Waals surface area contributed by atoms with Gasteiger partial charge in [0.1, 0.15) is 12.4 Å². The van der Waals surface area contributed by atoms with Crippen LogP contribution in [0.25, 0.3) is 0 Å². The predicted octanol–water partition coefficient (Wildman–Crippen LogP) is 3.02. The lowest BCUT2D eigenvalue weighted by Crippen LogP contribution is -2.32. The van der Waals surface area contributed by atoms with E-state index in [4.69, 9.17) is 9.47 Å². The maximum absolute atomic E-state index is 13.3. The molecular formula is C18H20FNO3. The van der Waals surface area contributed by atoms with Gasteiger partial charge >= 0.3 is 0 Å². The van der Waals surface area contributed by atoms with Crippen molar-refractivity contribution < 1.29 is 18.7 Å². The number of hydrogen-bond donors (Lipinski definition) is 1. The Balaban J connectivity index is 1.69. The third-order valence-electron chi connectivity index (χ3n) is 3.43. The smallest absolute Gasteiger partial charge is 0.258 e. The molecular weight excluding hydrogens is 297 g/mol. The minimum Gasteiger partial charge on any atom is -0.489 e. The number of carbonyl (C=O) groups is 1. The molecule has 0 aliphatic carbocycles. The minimum atomic E-state index is -0.419. The maximum atomic E-state index is 13.3. The second kappa shape index (κ2) is 8.17. The van der Waals surface area contributed by atoms with Crippen LogP contribution in [0.3, 0.4) is 0 Å². The van der Waals surface area contributed by atoms with Crippen LogP contribution in [0.1, 0.15) is 11.1 Å². The first kappa shape index (κ1) is 16.8. The molecule has 0 saturated heterocycles. The zero-order chi connectivity index (χ0) is 16.7. The Morgan fingerprint density at radius 2 is 1.78 bits per heavy atom. The lowest BCUT2D eigenvalue weighted by Gasteiger charge is -2.11. The quantitative estimate of drug-likeness (QED) is 0.799. The van der Waals surface area contributed by atoms with E-state index in [0.717, 1.165) is 11.1 Å². The van der Waals surface area contributed by atoms with Gasteiger partial charge in [-0.1, -0.05) is 24.3 Å². The molecule has 1 N–H and O–H groups in total. The lowest BCUT2D eigenvalue weighted by molar-refractivity contribution is -0.123. The molecule has 0 unspecified atom stereocenters. The van der Waals surface area contributed by atoms with Gasteiger partial charge in [-0.3, -0.25) is 4.79 Å². The highest BCUT2D eigenvalue weighted by atomic mass is 19.1. The average Bonchev–Trinajstić information content (AvgIpc) is 2.54.